The van der Waals surface area contributed by atoms with Crippen LogP contribution in [0.15, 0.2) is 54.1 Å². The van der Waals surface area contributed by atoms with Gasteiger partial charge in [0, 0.05) is 11.6 Å². The lowest BCUT2D eigenvalue weighted by Gasteiger charge is -1.91. The Kier molecular flexibility index (Phi) is 3.68. The van der Waals surface area contributed by atoms with E-state index in [4.69, 9.17) is 4.52 Å². The molecule has 1 heterocycles. The molecule has 0 aliphatic carbocycles. The Labute approximate surface area is 83.9 Å². The second-order valence-corrected chi connectivity index (χ2v) is 2.77. The van der Waals surface area contributed by atoms with Crippen molar-refractivity contribution in [2.45, 2.75) is 6.92 Å². The fraction of sp³-hybridized carbons (Fsp3) is 0.0833. The molecule has 0 fully saturated rings. The summed E-state index contributed by atoms with van der Waals surface area (Å²) >= 11 is 0. The summed E-state index contributed by atoms with van der Waals surface area (Å²) in [7, 11) is 0. The molecule has 0 aliphatic heterocycles. The molecule has 0 saturated heterocycles. The van der Waals surface area contributed by atoms with Crippen LogP contribution in [0.1, 0.15) is 11.5 Å². The molecule has 0 spiro atoms. The molecule has 0 atom stereocenters. The summed E-state index contributed by atoms with van der Waals surface area (Å²) in [4.78, 5) is 0. The van der Waals surface area contributed by atoms with Gasteiger partial charge in [0.05, 0.1) is 0 Å². The molecule has 72 valence electrons. The van der Waals surface area contributed by atoms with E-state index in [1.165, 1.54) is 0 Å². The minimum atomic E-state index is 0.792. The van der Waals surface area contributed by atoms with Gasteiger partial charge in [-0.3, -0.25) is 0 Å². The van der Waals surface area contributed by atoms with E-state index in [1.807, 2.05) is 31.2 Å². The Bertz CT molecular complexity index is 383. The number of nitrogens with zero attached hydrogens (tertiary/aromatic N) is 1. The van der Waals surface area contributed by atoms with Crippen molar-refractivity contribution in [2.24, 2.45) is 0 Å². The van der Waals surface area contributed by atoms with Gasteiger partial charge in [0.25, 0.3) is 0 Å². The largest absolute Gasteiger partial charge is 0.361 e. The molecule has 0 bridgehead atoms. The maximum Gasteiger partial charge on any atom is 0.134 e. The van der Waals surface area contributed by atoms with E-state index >= 15 is 0 Å². The summed E-state index contributed by atoms with van der Waals surface area (Å²) in [6.07, 6.45) is 9.09. The van der Waals surface area contributed by atoms with E-state index in [9.17, 15) is 0 Å². The van der Waals surface area contributed by atoms with E-state index in [0.29, 0.717) is 0 Å². The third-order valence-electron chi connectivity index (χ3n) is 1.67. The third-order valence-corrected chi connectivity index (χ3v) is 1.67. The Morgan fingerprint density at radius 3 is 2.71 bits per heavy atom. The fourth-order valence-corrected chi connectivity index (χ4v) is 0.998. The van der Waals surface area contributed by atoms with Gasteiger partial charge in [-0.25, -0.2) is 0 Å². The highest BCUT2D eigenvalue weighted by Gasteiger charge is 2.01. The predicted octanol–water partition coefficient (Wildman–Crippen LogP) is 3.29. The number of rotatable bonds is 4. The van der Waals surface area contributed by atoms with Crippen LogP contribution in [-0.2, 0) is 0 Å². The predicted molar refractivity (Wildman–Crippen MR) is 58.8 cm³/mol. The third kappa shape index (κ3) is 2.59. The molecule has 0 radical (unpaired) electrons. The zero-order valence-corrected chi connectivity index (χ0v) is 8.23. The number of allylic oxidation sites excluding steroid dienone is 6. The summed E-state index contributed by atoms with van der Waals surface area (Å²) in [6, 6.07) is 1.87. The van der Waals surface area contributed by atoms with Crippen LogP contribution in [-0.4, -0.2) is 5.16 Å². The molecule has 2 nitrogen and oxygen atoms in total. The first-order chi connectivity index (χ1) is 6.77. The topological polar surface area (TPSA) is 26.0 Å². The lowest BCUT2D eigenvalue weighted by atomic mass is 10.1. The lowest BCUT2D eigenvalue weighted by Crippen LogP contribution is -1.77. The van der Waals surface area contributed by atoms with E-state index < -0.39 is 0 Å². The van der Waals surface area contributed by atoms with E-state index in [-0.39, 0.29) is 0 Å². The van der Waals surface area contributed by atoms with E-state index in [0.717, 1.165) is 17.0 Å². The summed E-state index contributed by atoms with van der Waals surface area (Å²) in [5.74, 6) is 0.792. The van der Waals surface area contributed by atoms with Crippen molar-refractivity contribution in [3.05, 3.63) is 61.1 Å². The van der Waals surface area contributed by atoms with Gasteiger partial charge in [0.1, 0.15) is 11.5 Å². The zero-order valence-electron chi connectivity index (χ0n) is 8.23. The summed E-state index contributed by atoms with van der Waals surface area (Å²) < 4.78 is 4.97. The van der Waals surface area contributed by atoms with Crippen molar-refractivity contribution in [2.75, 3.05) is 0 Å². The Morgan fingerprint density at radius 1 is 1.43 bits per heavy atom. The van der Waals surface area contributed by atoms with Crippen molar-refractivity contribution < 1.29 is 4.52 Å². The van der Waals surface area contributed by atoms with Gasteiger partial charge < -0.3 is 4.52 Å². The average Bonchev–Trinajstić information content (AvgIpc) is 2.60. The van der Waals surface area contributed by atoms with Crippen LogP contribution in [0.3, 0.4) is 0 Å². The quantitative estimate of drug-likeness (QED) is 0.676. The molecule has 0 amide bonds. The molecule has 0 N–H and O–H groups in total. The van der Waals surface area contributed by atoms with Crippen molar-refractivity contribution in [3.8, 4) is 0 Å². The lowest BCUT2D eigenvalue weighted by molar-refractivity contribution is 0.396. The highest BCUT2D eigenvalue weighted by atomic mass is 16.5. The molecule has 0 aromatic carbocycles. The van der Waals surface area contributed by atoms with Crippen molar-refractivity contribution in [3.63, 3.8) is 0 Å². The molecule has 0 unspecified atom stereocenters. The number of aromatic nitrogens is 1. The Balaban J connectivity index is 2.92. The fourth-order valence-electron chi connectivity index (χ4n) is 0.998. The molecule has 0 saturated carbocycles. The normalized spacial score (nSPS) is 11.9. The average molecular weight is 187 g/mol. The zero-order chi connectivity index (χ0) is 10.4. The second-order valence-electron chi connectivity index (χ2n) is 2.77. The molecule has 14 heavy (non-hydrogen) atoms. The van der Waals surface area contributed by atoms with Gasteiger partial charge >= 0.3 is 0 Å². The monoisotopic (exact) mass is 187 g/mol. The van der Waals surface area contributed by atoms with Gasteiger partial charge in [0.15, 0.2) is 0 Å². The van der Waals surface area contributed by atoms with Gasteiger partial charge in [-0.05, 0) is 6.92 Å². The molecular formula is C12H13NO. The van der Waals surface area contributed by atoms with Gasteiger partial charge in [-0.2, -0.15) is 0 Å². The maximum atomic E-state index is 4.97. The smallest absolute Gasteiger partial charge is 0.134 e. The summed E-state index contributed by atoms with van der Waals surface area (Å²) in [5.41, 5.74) is 1.73. The van der Waals surface area contributed by atoms with Crippen LogP contribution in [0, 0.1) is 6.92 Å². The molecule has 0 aliphatic rings. The van der Waals surface area contributed by atoms with Gasteiger partial charge in [-0.15, -0.1) is 0 Å². The first kappa shape index (κ1) is 10.3. The van der Waals surface area contributed by atoms with Gasteiger partial charge in [-0.1, -0.05) is 48.7 Å². The number of aryl methyl sites for hydroxylation is 1. The van der Waals surface area contributed by atoms with Crippen molar-refractivity contribution in [1.82, 2.24) is 5.16 Å². The summed E-state index contributed by atoms with van der Waals surface area (Å²) in [5, 5.41) is 3.89. The molecular weight excluding hydrogens is 174 g/mol. The summed E-state index contributed by atoms with van der Waals surface area (Å²) in [6.45, 7) is 9.16. The van der Waals surface area contributed by atoms with Crippen LogP contribution in [0.2, 0.25) is 0 Å². The number of hydrogen-bond acceptors (Lipinski definition) is 2. The van der Waals surface area contributed by atoms with Crippen LogP contribution >= 0.6 is 0 Å². The minimum absolute atomic E-state index is 0.792. The molecule has 1 rings (SSSR count). The SMILES string of the molecule is C=C/C=C\C=C(/C=C)c1cc(C)on1. The highest BCUT2D eigenvalue weighted by molar-refractivity contribution is 5.72. The standard InChI is InChI=1S/C12H13NO/c1-4-6-7-8-11(5-2)12-9-10(3)14-13-12/h4-9H,1-2H2,3H3/b7-6-,11-8+. The van der Waals surface area contributed by atoms with Crippen LogP contribution in [0.4, 0.5) is 0 Å². The van der Waals surface area contributed by atoms with E-state index in [1.54, 1.807) is 12.2 Å². The Hall–Kier alpha value is -1.83. The second kappa shape index (κ2) is 5.02. The number of hydrogen-bond donors (Lipinski definition) is 0. The van der Waals surface area contributed by atoms with E-state index in [2.05, 4.69) is 18.3 Å². The van der Waals surface area contributed by atoms with Crippen molar-refractivity contribution >= 4 is 5.57 Å². The van der Waals surface area contributed by atoms with Crippen LogP contribution in [0.5, 0.6) is 0 Å². The van der Waals surface area contributed by atoms with Crippen molar-refractivity contribution in [1.29, 1.82) is 0 Å². The maximum absolute atomic E-state index is 4.97. The highest BCUT2D eigenvalue weighted by Crippen LogP contribution is 2.14. The Morgan fingerprint density at radius 2 is 2.21 bits per heavy atom. The molecule has 1 aromatic heterocycles. The first-order valence-electron chi connectivity index (χ1n) is 4.33. The molecule has 2 heteroatoms. The van der Waals surface area contributed by atoms with Crippen LogP contribution in [0.25, 0.3) is 5.57 Å². The first-order valence-corrected chi connectivity index (χ1v) is 4.33. The van der Waals surface area contributed by atoms with Crippen LogP contribution < -0.4 is 0 Å². The molecule has 1 aromatic rings. The minimum Gasteiger partial charge on any atom is -0.361 e. The van der Waals surface area contributed by atoms with Gasteiger partial charge in [0.2, 0.25) is 0 Å².